The van der Waals surface area contributed by atoms with Crippen molar-refractivity contribution in [1.29, 1.82) is 0 Å². The van der Waals surface area contributed by atoms with E-state index in [2.05, 4.69) is 24.8 Å². The van der Waals surface area contributed by atoms with Crippen LogP contribution in [0.25, 0.3) is 0 Å². The normalized spacial score (nSPS) is 30.9. The quantitative estimate of drug-likeness (QED) is 0.743. The lowest BCUT2D eigenvalue weighted by molar-refractivity contribution is 0.119. The molecule has 10 heteroatoms. The molecule has 164 valence electrons. The predicted octanol–water partition coefficient (Wildman–Crippen LogP) is 2.64. The zero-order chi connectivity index (χ0) is 21.2. The Morgan fingerprint density at radius 3 is 2.45 bits per heavy atom. The fraction of sp³-hybridized carbons (Fsp3) is 0.619. The topological polar surface area (TPSA) is 95.3 Å². The van der Waals surface area contributed by atoms with E-state index in [1.807, 2.05) is 0 Å². The van der Waals surface area contributed by atoms with Crippen molar-refractivity contribution in [2.24, 2.45) is 0 Å². The van der Waals surface area contributed by atoms with Crippen molar-refractivity contribution in [3.8, 4) is 0 Å². The average Bonchev–Trinajstić information content (AvgIpc) is 3.21. The highest BCUT2D eigenvalue weighted by atomic mass is 35.5. The van der Waals surface area contributed by atoms with Gasteiger partial charge in [-0.3, -0.25) is 4.21 Å². The van der Waals surface area contributed by atoms with Crippen molar-refractivity contribution < 1.29 is 9.32 Å². The molecule has 0 aromatic carbocycles. The molecule has 0 spiro atoms. The molecule has 8 nitrogen and oxygen atoms in total. The number of aliphatic hydroxyl groups is 1. The molecule has 2 aromatic rings. The van der Waals surface area contributed by atoms with Gasteiger partial charge in [-0.15, -0.1) is 0 Å². The summed E-state index contributed by atoms with van der Waals surface area (Å²) < 4.78 is 12.7. The Labute approximate surface area is 188 Å². The maximum absolute atomic E-state index is 12.7. The van der Waals surface area contributed by atoms with E-state index >= 15 is 0 Å². The Morgan fingerprint density at radius 2 is 1.84 bits per heavy atom. The second kappa shape index (κ2) is 7.35. The largest absolute Gasteiger partial charge is 0.394 e. The molecular weight excluding hydrogens is 436 g/mol. The van der Waals surface area contributed by atoms with Crippen molar-refractivity contribution in [1.82, 2.24) is 19.9 Å². The number of halogens is 1. The Hall–Kier alpha value is -1.84. The van der Waals surface area contributed by atoms with Gasteiger partial charge in [-0.1, -0.05) is 11.6 Å². The monoisotopic (exact) mass is 460 g/mol. The first kappa shape index (κ1) is 19.8. The minimum absolute atomic E-state index is 0.0702. The van der Waals surface area contributed by atoms with Gasteiger partial charge in [0.15, 0.2) is 5.82 Å². The van der Waals surface area contributed by atoms with Crippen molar-refractivity contribution in [3.63, 3.8) is 0 Å². The summed E-state index contributed by atoms with van der Waals surface area (Å²) in [5, 5.41) is 10.6. The lowest BCUT2D eigenvalue weighted by Crippen LogP contribution is -2.56. The summed E-state index contributed by atoms with van der Waals surface area (Å²) in [6, 6.07) is 0.689. The number of anilines is 2. The molecule has 2 aromatic heterocycles. The van der Waals surface area contributed by atoms with Crippen LogP contribution >= 0.6 is 11.6 Å². The molecule has 0 radical (unpaired) electrons. The van der Waals surface area contributed by atoms with Crippen molar-refractivity contribution in [2.75, 3.05) is 22.3 Å². The molecule has 6 rings (SSSR count). The van der Waals surface area contributed by atoms with E-state index in [-0.39, 0.29) is 12.1 Å². The summed E-state index contributed by atoms with van der Waals surface area (Å²) in [6.07, 6.45) is 12.1. The third kappa shape index (κ3) is 3.08. The van der Waals surface area contributed by atoms with Crippen molar-refractivity contribution in [2.45, 2.75) is 73.4 Å². The predicted molar refractivity (Wildman–Crippen MR) is 118 cm³/mol. The molecule has 3 aliphatic heterocycles. The zero-order valence-corrected chi connectivity index (χ0v) is 18.7. The van der Waals surface area contributed by atoms with E-state index in [1.54, 1.807) is 18.6 Å². The van der Waals surface area contributed by atoms with Gasteiger partial charge < -0.3 is 14.9 Å². The van der Waals surface area contributed by atoms with E-state index in [0.29, 0.717) is 33.8 Å². The van der Waals surface area contributed by atoms with Crippen LogP contribution in [0.3, 0.4) is 0 Å². The second-order valence-corrected chi connectivity index (χ2v) is 11.0. The van der Waals surface area contributed by atoms with Crippen LogP contribution in [0.4, 0.5) is 11.8 Å². The van der Waals surface area contributed by atoms with Crippen LogP contribution in [0.15, 0.2) is 23.5 Å². The standard InChI is InChI=1S/C21H25ClN6O2S/c22-14-8-23-18(24-9-14)13-6-15-2-3-16(7-13)28(15)20-25-10-17-19(26-20)27(12-31(17)30)21(11-29)4-1-5-21/h8-10,13,15-16,29H,1-7,11-12H2. The molecule has 5 heterocycles. The number of hydrogen-bond acceptors (Lipinski definition) is 8. The molecule has 1 aliphatic carbocycles. The maximum atomic E-state index is 12.7. The van der Waals surface area contributed by atoms with E-state index in [4.69, 9.17) is 16.6 Å². The number of hydrogen-bond donors (Lipinski definition) is 1. The lowest BCUT2D eigenvalue weighted by Gasteiger charge is -2.48. The zero-order valence-electron chi connectivity index (χ0n) is 17.2. The SMILES string of the molecule is O=S1CN(C2(CO)CCC2)c2nc(N3C4CCC3CC(c3ncc(Cl)cn3)C4)ncc21. The number of fused-ring (bicyclic) bond motifs is 3. The molecule has 1 saturated carbocycles. The third-order valence-electron chi connectivity index (χ3n) is 7.59. The van der Waals surface area contributed by atoms with Crippen LogP contribution < -0.4 is 9.80 Å². The van der Waals surface area contributed by atoms with Crippen LogP contribution in [-0.2, 0) is 10.8 Å². The van der Waals surface area contributed by atoms with Gasteiger partial charge in [0.1, 0.15) is 16.6 Å². The summed E-state index contributed by atoms with van der Waals surface area (Å²) in [4.78, 5) is 23.6. The van der Waals surface area contributed by atoms with Gasteiger partial charge in [-0.2, -0.15) is 4.98 Å². The van der Waals surface area contributed by atoms with Gasteiger partial charge >= 0.3 is 0 Å². The maximum Gasteiger partial charge on any atom is 0.227 e. The Kier molecular flexibility index (Phi) is 4.70. The van der Waals surface area contributed by atoms with Gasteiger partial charge in [0, 0.05) is 30.4 Å². The van der Waals surface area contributed by atoms with Crippen LogP contribution in [0.1, 0.15) is 56.7 Å². The molecule has 2 saturated heterocycles. The minimum atomic E-state index is -1.15. The molecule has 2 bridgehead atoms. The number of piperidine rings is 1. The van der Waals surface area contributed by atoms with Crippen molar-refractivity contribution >= 4 is 34.2 Å². The lowest BCUT2D eigenvalue weighted by atomic mass is 9.76. The van der Waals surface area contributed by atoms with E-state index in [0.717, 1.165) is 62.5 Å². The third-order valence-corrected chi connectivity index (χ3v) is 9.06. The van der Waals surface area contributed by atoms with Crippen LogP contribution in [0, 0.1) is 0 Å². The van der Waals surface area contributed by atoms with Gasteiger partial charge in [-0.25, -0.2) is 15.0 Å². The number of rotatable bonds is 4. The molecule has 31 heavy (non-hydrogen) atoms. The first-order valence-electron chi connectivity index (χ1n) is 11.0. The highest BCUT2D eigenvalue weighted by Gasteiger charge is 2.48. The van der Waals surface area contributed by atoms with E-state index in [1.165, 1.54) is 0 Å². The first-order chi connectivity index (χ1) is 15.1. The summed E-state index contributed by atoms with van der Waals surface area (Å²) in [5.74, 6) is 3.05. The molecule has 0 amide bonds. The Bertz CT molecular complexity index is 1010. The van der Waals surface area contributed by atoms with Gasteiger partial charge in [0.25, 0.3) is 0 Å². The van der Waals surface area contributed by atoms with E-state index in [9.17, 15) is 9.32 Å². The Balaban J connectivity index is 1.29. The highest BCUT2D eigenvalue weighted by molar-refractivity contribution is 7.85. The average molecular weight is 461 g/mol. The molecule has 3 fully saturated rings. The molecule has 3 atom stereocenters. The Morgan fingerprint density at radius 1 is 1.13 bits per heavy atom. The number of aromatic nitrogens is 4. The summed E-state index contributed by atoms with van der Waals surface area (Å²) in [7, 11) is -1.15. The highest BCUT2D eigenvalue weighted by Crippen LogP contribution is 2.47. The van der Waals surface area contributed by atoms with E-state index < -0.39 is 10.8 Å². The summed E-state index contributed by atoms with van der Waals surface area (Å²) >= 11 is 5.96. The van der Waals surface area contributed by atoms with Gasteiger partial charge in [0.05, 0.1) is 34.2 Å². The minimum Gasteiger partial charge on any atom is -0.394 e. The summed E-state index contributed by atoms with van der Waals surface area (Å²) in [5.41, 5.74) is -0.315. The first-order valence-corrected chi connectivity index (χ1v) is 12.7. The van der Waals surface area contributed by atoms with Crippen molar-refractivity contribution in [3.05, 3.63) is 29.4 Å². The van der Waals surface area contributed by atoms with Crippen LogP contribution in [0.5, 0.6) is 0 Å². The van der Waals surface area contributed by atoms with Crippen LogP contribution in [0.2, 0.25) is 5.02 Å². The molecule has 4 aliphatic rings. The smallest absolute Gasteiger partial charge is 0.227 e. The fourth-order valence-electron chi connectivity index (χ4n) is 5.79. The molecule has 3 unspecified atom stereocenters. The molecular formula is C21H25ClN6O2S. The van der Waals surface area contributed by atoms with Gasteiger partial charge in [0.2, 0.25) is 5.95 Å². The second-order valence-electron chi connectivity index (χ2n) is 9.22. The van der Waals surface area contributed by atoms with Gasteiger partial charge in [-0.05, 0) is 44.9 Å². The number of nitrogens with zero attached hydrogens (tertiary/aromatic N) is 6. The summed E-state index contributed by atoms with van der Waals surface area (Å²) in [6.45, 7) is 0.0702. The van der Waals surface area contributed by atoms with Crippen LogP contribution in [-0.4, -0.2) is 59.4 Å². The molecule has 1 N–H and O–H groups in total. The fourth-order valence-corrected chi connectivity index (χ4v) is 7.18. The number of aliphatic hydroxyl groups excluding tert-OH is 1.